The highest BCUT2D eigenvalue weighted by molar-refractivity contribution is 7.89. The molecule has 0 bridgehead atoms. The van der Waals surface area contributed by atoms with E-state index >= 15 is 0 Å². The molecule has 0 spiro atoms. The zero-order valence-corrected chi connectivity index (χ0v) is 19.1. The smallest absolute Gasteiger partial charge is 0.247 e. The number of fused-ring (bicyclic) bond motifs is 1. The number of piperidine rings is 1. The van der Waals surface area contributed by atoms with E-state index in [-0.39, 0.29) is 6.10 Å². The molecule has 2 aromatic carbocycles. The maximum atomic E-state index is 12.8. The van der Waals surface area contributed by atoms with Gasteiger partial charge in [0.2, 0.25) is 16.0 Å². The summed E-state index contributed by atoms with van der Waals surface area (Å²) in [5.41, 5.74) is 4.78. The van der Waals surface area contributed by atoms with Gasteiger partial charge >= 0.3 is 0 Å². The lowest BCUT2D eigenvalue weighted by atomic mass is 10.1. The number of para-hydroxylation sites is 1. The Morgan fingerprint density at radius 2 is 1.70 bits per heavy atom. The van der Waals surface area contributed by atoms with Gasteiger partial charge in [-0.3, -0.25) is 4.84 Å². The van der Waals surface area contributed by atoms with Crippen LogP contribution in [0.3, 0.4) is 0 Å². The summed E-state index contributed by atoms with van der Waals surface area (Å²) in [7, 11) is -3.47. The van der Waals surface area contributed by atoms with Crippen LogP contribution in [0.2, 0.25) is 0 Å². The topological polar surface area (TPSA) is 96.9 Å². The first-order valence-corrected chi connectivity index (χ1v) is 12.6. The Kier molecular flexibility index (Phi) is 6.41. The van der Waals surface area contributed by atoms with E-state index in [1.165, 1.54) is 4.31 Å². The fraction of sp³-hybridized carbons (Fsp3) is 0.391. The van der Waals surface area contributed by atoms with Gasteiger partial charge in [-0.25, -0.2) is 23.9 Å². The normalized spacial score (nSPS) is 18.5. The molecule has 2 saturated heterocycles. The van der Waals surface area contributed by atoms with Crippen LogP contribution in [-0.4, -0.2) is 68.2 Å². The van der Waals surface area contributed by atoms with E-state index in [2.05, 4.69) is 20.3 Å². The van der Waals surface area contributed by atoms with Crippen molar-refractivity contribution in [2.75, 3.05) is 49.8 Å². The summed E-state index contributed by atoms with van der Waals surface area (Å²) in [6, 6.07) is 15.0. The average molecular weight is 470 g/mol. The molecular formula is C23H27N5O4S. The molecule has 3 heterocycles. The molecule has 1 aromatic heterocycles. The predicted octanol–water partition coefficient (Wildman–Crippen LogP) is 2.66. The third-order valence-electron chi connectivity index (χ3n) is 6.06. The molecule has 3 aromatic rings. The van der Waals surface area contributed by atoms with Crippen LogP contribution in [0.15, 0.2) is 59.6 Å². The number of nitrogens with zero attached hydrogens (tertiary/aromatic N) is 4. The van der Waals surface area contributed by atoms with Crippen molar-refractivity contribution in [1.29, 1.82) is 0 Å². The predicted molar refractivity (Wildman–Crippen MR) is 126 cm³/mol. The van der Waals surface area contributed by atoms with Crippen LogP contribution in [0.1, 0.15) is 12.8 Å². The number of sulfonamides is 1. The third kappa shape index (κ3) is 4.93. The van der Waals surface area contributed by atoms with Crippen molar-refractivity contribution in [1.82, 2.24) is 14.3 Å². The Morgan fingerprint density at radius 3 is 2.45 bits per heavy atom. The van der Waals surface area contributed by atoms with Crippen molar-refractivity contribution >= 4 is 32.6 Å². The maximum absolute atomic E-state index is 12.8. The van der Waals surface area contributed by atoms with Crippen LogP contribution >= 0.6 is 0 Å². The van der Waals surface area contributed by atoms with E-state index in [1.807, 2.05) is 36.4 Å². The first kappa shape index (κ1) is 22.0. The van der Waals surface area contributed by atoms with Crippen LogP contribution < -0.4 is 10.4 Å². The van der Waals surface area contributed by atoms with Gasteiger partial charge in [0.1, 0.15) is 0 Å². The summed E-state index contributed by atoms with van der Waals surface area (Å²) in [6.07, 6.45) is 3.51. The molecule has 5 rings (SSSR count). The second kappa shape index (κ2) is 9.60. The quantitative estimate of drug-likeness (QED) is 0.551. The molecule has 0 atom stereocenters. The molecule has 174 valence electrons. The molecule has 0 radical (unpaired) electrons. The Labute approximate surface area is 193 Å². The summed E-state index contributed by atoms with van der Waals surface area (Å²) in [6.45, 7) is 3.32. The summed E-state index contributed by atoms with van der Waals surface area (Å²) in [5, 5.41) is 0.986. The average Bonchev–Trinajstić information content (AvgIpc) is 2.88. The Bertz CT molecular complexity index is 1190. The van der Waals surface area contributed by atoms with E-state index in [1.54, 1.807) is 18.3 Å². The number of rotatable bonds is 6. The molecule has 1 N–H and O–H groups in total. The summed E-state index contributed by atoms with van der Waals surface area (Å²) in [4.78, 5) is 17.2. The lowest BCUT2D eigenvalue weighted by molar-refractivity contribution is 0.0730. The highest BCUT2D eigenvalue weighted by atomic mass is 32.2. The first-order valence-electron chi connectivity index (χ1n) is 11.2. The standard InChI is InChI=1S/C23H27N5O4S/c29-33(30,28-13-15-31-16-14-28)21-7-5-19(6-8-21)27-11-9-20(10-12-27)32-26-23-24-17-18-3-1-2-4-22(18)25-23/h1-8,17,20H,9-16H2,(H,24,25,26). The zero-order chi connectivity index (χ0) is 22.7. The number of aromatic nitrogens is 2. The monoisotopic (exact) mass is 469 g/mol. The minimum Gasteiger partial charge on any atom is -0.379 e. The minimum absolute atomic E-state index is 0.0530. The van der Waals surface area contributed by atoms with E-state index in [0.717, 1.165) is 42.5 Å². The molecule has 2 fully saturated rings. The molecule has 0 unspecified atom stereocenters. The van der Waals surface area contributed by atoms with E-state index < -0.39 is 10.0 Å². The number of benzene rings is 2. The van der Waals surface area contributed by atoms with Crippen LogP contribution in [-0.2, 0) is 19.6 Å². The molecule has 0 amide bonds. The summed E-state index contributed by atoms with van der Waals surface area (Å²) < 4.78 is 32.4. The van der Waals surface area contributed by atoms with Gasteiger partial charge < -0.3 is 9.64 Å². The molecule has 0 saturated carbocycles. The van der Waals surface area contributed by atoms with Gasteiger partial charge in [0.05, 0.1) is 29.7 Å². The van der Waals surface area contributed by atoms with Crippen LogP contribution in [0.25, 0.3) is 10.9 Å². The SMILES string of the molecule is O=S(=O)(c1ccc(N2CCC(ONc3ncc4ccccc4n3)CC2)cc1)N1CCOCC1. The number of anilines is 2. The van der Waals surface area contributed by atoms with Crippen LogP contribution in [0, 0.1) is 0 Å². The number of nitrogens with one attached hydrogen (secondary N) is 1. The van der Waals surface area contributed by atoms with Gasteiger partial charge in [-0.15, -0.1) is 0 Å². The van der Waals surface area contributed by atoms with Gasteiger partial charge in [-0.1, -0.05) is 18.2 Å². The van der Waals surface area contributed by atoms with Crippen molar-refractivity contribution in [2.45, 2.75) is 23.8 Å². The molecule has 2 aliphatic heterocycles. The Balaban J connectivity index is 1.14. The van der Waals surface area contributed by atoms with Gasteiger partial charge in [0, 0.05) is 43.4 Å². The molecule has 33 heavy (non-hydrogen) atoms. The molecule has 9 nitrogen and oxygen atoms in total. The molecular weight excluding hydrogens is 442 g/mol. The molecule has 10 heteroatoms. The summed E-state index contributed by atoms with van der Waals surface area (Å²) >= 11 is 0. The lowest BCUT2D eigenvalue weighted by Crippen LogP contribution is -2.40. The van der Waals surface area contributed by atoms with Crippen LogP contribution in [0.4, 0.5) is 11.6 Å². The van der Waals surface area contributed by atoms with Gasteiger partial charge in [-0.2, -0.15) is 4.31 Å². The van der Waals surface area contributed by atoms with Crippen LogP contribution in [0.5, 0.6) is 0 Å². The van der Waals surface area contributed by atoms with E-state index in [9.17, 15) is 8.42 Å². The highest BCUT2D eigenvalue weighted by Gasteiger charge is 2.27. The van der Waals surface area contributed by atoms with Crippen molar-refractivity contribution in [3.8, 4) is 0 Å². The number of hydrogen-bond acceptors (Lipinski definition) is 8. The van der Waals surface area contributed by atoms with Gasteiger partial charge in [0.15, 0.2) is 0 Å². The second-order valence-corrected chi connectivity index (χ2v) is 10.1. The number of hydrogen-bond donors (Lipinski definition) is 1. The molecule has 0 aliphatic carbocycles. The number of morpholine rings is 1. The second-order valence-electron chi connectivity index (χ2n) is 8.17. The summed E-state index contributed by atoms with van der Waals surface area (Å²) in [5.74, 6) is 0.452. The van der Waals surface area contributed by atoms with Crippen molar-refractivity contribution in [3.05, 3.63) is 54.7 Å². The number of ether oxygens (including phenoxy) is 1. The fourth-order valence-electron chi connectivity index (χ4n) is 4.15. The largest absolute Gasteiger partial charge is 0.379 e. The maximum Gasteiger partial charge on any atom is 0.247 e. The fourth-order valence-corrected chi connectivity index (χ4v) is 5.56. The van der Waals surface area contributed by atoms with E-state index in [0.29, 0.717) is 37.1 Å². The zero-order valence-electron chi connectivity index (χ0n) is 18.3. The Morgan fingerprint density at radius 1 is 0.970 bits per heavy atom. The van der Waals surface area contributed by atoms with Crippen molar-refractivity contribution < 1.29 is 18.0 Å². The lowest BCUT2D eigenvalue weighted by Gasteiger charge is -2.33. The minimum atomic E-state index is -3.47. The van der Waals surface area contributed by atoms with Gasteiger partial charge in [0.25, 0.3) is 0 Å². The third-order valence-corrected chi connectivity index (χ3v) is 7.97. The molecule has 2 aliphatic rings. The van der Waals surface area contributed by atoms with Crippen molar-refractivity contribution in [2.24, 2.45) is 0 Å². The highest BCUT2D eigenvalue weighted by Crippen LogP contribution is 2.25. The first-order chi connectivity index (χ1) is 16.1. The van der Waals surface area contributed by atoms with E-state index in [4.69, 9.17) is 9.57 Å². The van der Waals surface area contributed by atoms with Gasteiger partial charge in [-0.05, 0) is 43.2 Å². The Hall–Kier alpha value is -2.79. The van der Waals surface area contributed by atoms with Crippen molar-refractivity contribution in [3.63, 3.8) is 0 Å².